The number of carbonyl (C=O) groups excluding carboxylic acids is 1. The zero-order valence-electron chi connectivity index (χ0n) is 9.66. The molecule has 0 bridgehead atoms. The van der Waals surface area contributed by atoms with Crippen LogP contribution < -0.4 is 0 Å². The van der Waals surface area contributed by atoms with Gasteiger partial charge in [0.25, 0.3) is 11.6 Å². The predicted octanol–water partition coefficient (Wildman–Crippen LogP) is 3.11. The van der Waals surface area contributed by atoms with Gasteiger partial charge in [0.05, 0.1) is 10.6 Å². The summed E-state index contributed by atoms with van der Waals surface area (Å²) in [5, 5.41) is 16.8. The molecule has 20 heavy (non-hydrogen) atoms. The molecular formula is C11H6F3N3O3. The van der Waals surface area contributed by atoms with Gasteiger partial charge in [-0.1, -0.05) is 0 Å². The van der Waals surface area contributed by atoms with Crippen LogP contribution in [0.4, 0.5) is 18.9 Å². The van der Waals surface area contributed by atoms with E-state index in [2.05, 4.69) is 10.2 Å². The first kappa shape index (κ1) is 13.8. The van der Waals surface area contributed by atoms with E-state index in [1.165, 1.54) is 12.1 Å². The topological polar surface area (TPSA) is 84.9 Å². The second kappa shape index (κ2) is 4.83. The van der Waals surface area contributed by atoms with E-state index in [9.17, 15) is 28.1 Å². The van der Waals surface area contributed by atoms with E-state index in [4.69, 9.17) is 0 Å². The number of nitrogens with zero attached hydrogens (tertiary/aromatic N) is 3. The molecule has 0 aromatic heterocycles. The zero-order chi connectivity index (χ0) is 14.9. The van der Waals surface area contributed by atoms with Crippen molar-refractivity contribution in [1.29, 1.82) is 0 Å². The highest BCUT2D eigenvalue weighted by molar-refractivity contribution is 5.86. The molecule has 1 heterocycles. The highest BCUT2D eigenvalue weighted by Gasteiger charge is 2.45. The van der Waals surface area contributed by atoms with Crippen LogP contribution in [0.5, 0.6) is 0 Å². The number of nitro groups is 1. The quantitative estimate of drug-likeness (QED) is 0.618. The number of amides is 1. The van der Waals surface area contributed by atoms with Crippen LogP contribution in [0.15, 0.2) is 40.6 Å². The molecule has 1 aromatic rings. The molecular weight excluding hydrogens is 279 g/mol. The molecule has 0 aliphatic carbocycles. The maximum absolute atomic E-state index is 12.6. The Labute approximate surface area is 109 Å². The molecule has 0 saturated carbocycles. The number of alkyl halides is 3. The summed E-state index contributed by atoms with van der Waals surface area (Å²) in [5.74, 6) is -3.73. The van der Waals surface area contributed by atoms with Crippen LogP contribution >= 0.6 is 0 Å². The first-order valence-electron chi connectivity index (χ1n) is 5.28. The minimum absolute atomic E-state index is 0.151. The molecule has 1 aliphatic rings. The van der Waals surface area contributed by atoms with Crippen molar-refractivity contribution in [1.82, 2.24) is 0 Å². The molecule has 0 radical (unpaired) electrons. The third-order valence-corrected chi connectivity index (χ3v) is 2.57. The van der Waals surface area contributed by atoms with Crippen molar-refractivity contribution in [3.8, 4) is 0 Å². The minimum atomic E-state index is -4.75. The molecule has 1 atom stereocenters. The Hall–Kier alpha value is -2.58. The van der Waals surface area contributed by atoms with E-state index in [-0.39, 0.29) is 16.9 Å². The van der Waals surface area contributed by atoms with E-state index in [1.54, 1.807) is 0 Å². The molecule has 1 aliphatic heterocycles. The average Bonchev–Trinajstić information content (AvgIpc) is 2.38. The van der Waals surface area contributed by atoms with Gasteiger partial charge in [-0.3, -0.25) is 14.9 Å². The Morgan fingerprint density at radius 1 is 1.15 bits per heavy atom. The van der Waals surface area contributed by atoms with Crippen LogP contribution in [-0.2, 0) is 4.79 Å². The molecule has 0 N–H and O–H groups in total. The molecule has 2 rings (SSSR count). The molecule has 0 spiro atoms. The maximum atomic E-state index is 12.6. The van der Waals surface area contributed by atoms with Crippen molar-refractivity contribution in [2.24, 2.45) is 16.1 Å². The highest BCUT2D eigenvalue weighted by atomic mass is 19.4. The summed E-state index contributed by atoms with van der Waals surface area (Å²) in [4.78, 5) is 20.9. The Balaban J connectivity index is 2.35. The van der Waals surface area contributed by atoms with E-state index in [1.807, 2.05) is 0 Å². The summed E-state index contributed by atoms with van der Waals surface area (Å²) < 4.78 is 37.8. The molecule has 1 aromatic carbocycles. The number of azo groups is 1. The van der Waals surface area contributed by atoms with Crippen LogP contribution in [0.25, 0.3) is 5.70 Å². The van der Waals surface area contributed by atoms with Gasteiger partial charge in [0.2, 0.25) is 0 Å². The van der Waals surface area contributed by atoms with E-state index in [0.717, 1.165) is 12.1 Å². The molecule has 104 valence electrons. The van der Waals surface area contributed by atoms with Crippen LogP contribution in [0.1, 0.15) is 5.56 Å². The van der Waals surface area contributed by atoms with Crippen LogP contribution in [0.2, 0.25) is 0 Å². The minimum Gasteiger partial charge on any atom is -0.270 e. The molecule has 0 fully saturated rings. The van der Waals surface area contributed by atoms with Gasteiger partial charge >= 0.3 is 6.18 Å². The number of rotatable bonds is 2. The number of non-ortho nitro benzene ring substituents is 1. The van der Waals surface area contributed by atoms with Gasteiger partial charge in [0.15, 0.2) is 5.92 Å². The summed E-state index contributed by atoms with van der Waals surface area (Å²) in [7, 11) is 0. The summed E-state index contributed by atoms with van der Waals surface area (Å²) in [5.41, 5.74) is -0.145. The van der Waals surface area contributed by atoms with Crippen LogP contribution in [-0.4, -0.2) is 17.0 Å². The summed E-state index contributed by atoms with van der Waals surface area (Å²) in [6.07, 6.45) is -4.10. The second-order valence-electron chi connectivity index (χ2n) is 3.91. The number of carbonyl (C=O) groups is 1. The van der Waals surface area contributed by atoms with Crippen LogP contribution in [0, 0.1) is 16.0 Å². The molecule has 6 nitrogen and oxygen atoms in total. The van der Waals surface area contributed by atoms with Gasteiger partial charge in [-0.15, -0.1) is 10.2 Å². The second-order valence-corrected chi connectivity index (χ2v) is 3.91. The van der Waals surface area contributed by atoms with E-state index >= 15 is 0 Å². The Kier molecular flexibility index (Phi) is 3.35. The number of nitro benzene ring substituents is 1. The van der Waals surface area contributed by atoms with Gasteiger partial charge in [0.1, 0.15) is 0 Å². The SMILES string of the molecule is O=C1N=NC(c2ccc([N+](=O)[O-])cc2)=CC1C(F)(F)F. The monoisotopic (exact) mass is 285 g/mol. The normalized spacial score (nSPS) is 18.9. The van der Waals surface area contributed by atoms with Crippen molar-refractivity contribution in [2.45, 2.75) is 6.18 Å². The predicted molar refractivity (Wildman–Crippen MR) is 60.5 cm³/mol. The Morgan fingerprint density at radius 3 is 2.25 bits per heavy atom. The smallest absolute Gasteiger partial charge is 0.270 e. The van der Waals surface area contributed by atoms with Gasteiger partial charge in [-0.25, -0.2) is 0 Å². The fourth-order valence-electron chi connectivity index (χ4n) is 1.57. The lowest BCUT2D eigenvalue weighted by molar-refractivity contribution is -0.384. The Bertz CT molecular complexity index is 620. The van der Waals surface area contributed by atoms with Crippen molar-refractivity contribution >= 4 is 17.3 Å². The van der Waals surface area contributed by atoms with Gasteiger partial charge in [-0.2, -0.15) is 13.2 Å². The van der Waals surface area contributed by atoms with Crippen molar-refractivity contribution < 1.29 is 22.9 Å². The highest BCUT2D eigenvalue weighted by Crippen LogP contribution is 2.34. The van der Waals surface area contributed by atoms with Crippen molar-refractivity contribution in [3.05, 3.63) is 46.0 Å². The average molecular weight is 285 g/mol. The van der Waals surface area contributed by atoms with Gasteiger partial charge in [0, 0.05) is 17.7 Å². The van der Waals surface area contributed by atoms with Crippen molar-refractivity contribution in [2.75, 3.05) is 0 Å². The summed E-state index contributed by atoms with van der Waals surface area (Å²) in [6, 6.07) is 4.74. The summed E-state index contributed by atoms with van der Waals surface area (Å²) in [6.45, 7) is 0. The van der Waals surface area contributed by atoms with Gasteiger partial charge in [-0.05, 0) is 18.2 Å². The van der Waals surface area contributed by atoms with Crippen molar-refractivity contribution in [3.63, 3.8) is 0 Å². The number of benzene rings is 1. The Morgan fingerprint density at radius 2 is 1.75 bits per heavy atom. The molecule has 9 heteroatoms. The zero-order valence-corrected chi connectivity index (χ0v) is 9.66. The standard InChI is InChI=1S/C11H6F3N3O3/c12-11(13,14)8-5-9(15-16-10(8)18)6-1-3-7(4-2-6)17(19)20/h1-5,8H. The fourth-order valence-corrected chi connectivity index (χ4v) is 1.57. The molecule has 1 unspecified atom stereocenters. The third kappa shape index (κ3) is 2.71. The first-order chi connectivity index (χ1) is 9.29. The van der Waals surface area contributed by atoms with E-state index in [0.29, 0.717) is 6.08 Å². The lowest BCUT2D eigenvalue weighted by Gasteiger charge is -2.16. The summed E-state index contributed by atoms with van der Waals surface area (Å²) >= 11 is 0. The number of hydrogen-bond acceptors (Lipinski definition) is 4. The number of hydrogen-bond donors (Lipinski definition) is 0. The number of halogens is 3. The lowest BCUT2D eigenvalue weighted by atomic mass is 10.0. The van der Waals surface area contributed by atoms with Gasteiger partial charge < -0.3 is 0 Å². The largest absolute Gasteiger partial charge is 0.404 e. The third-order valence-electron chi connectivity index (χ3n) is 2.57. The lowest BCUT2D eigenvalue weighted by Crippen LogP contribution is -2.29. The molecule has 1 amide bonds. The fraction of sp³-hybridized carbons (Fsp3) is 0.182. The van der Waals surface area contributed by atoms with E-state index < -0.39 is 22.9 Å². The maximum Gasteiger partial charge on any atom is 0.404 e. The van der Waals surface area contributed by atoms with Crippen LogP contribution in [0.3, 0.4) is 0 Å². The first-order valence-corrected chi connectivity index (χ1v) is 5.28. The molecule has 0 saturated heterocycles.